The molecule has 4 heteroatoms. The maximum atomic E-state index is 9.57. The van der Waals surface area contributed by atoms with Crippen molar-refractivity contribution in [3.8, 4) is 17.2 Å². The number of aliphatic hydroxyl groups excluding tert-OH is 1. The smallest absolute Gasteiger partial charge is 0.133 e. The number of aryl methyl sites for hydroxylation is 3. The number of hydrogen-bond acceptors (Lipinski definition) is 4. The topological polar surface area (TPSA) is 75.7 Å². The molecule has 0 saturated carbocycles. The lowest BCUT2D eigenvalue weighted by molar-refractivity contribution is 0.265. The Labute approximate surface area is 131 Å². The lowest BCUT2D eigenvalue weighted by Crippen LogP contribution is -2.26. The number of rotatable bonds is 5. The van der Waals surface area contributed by atoms with Gasteiger partial charge in [-0.1, -0.05) is 12.1 Å². The Morgan fingerprint density at radius 3 is 2.23 bits per heavy atom. The Morgan fingerprint density at radius 2 is 1.68 bits per heavy atom. The van der Waals surface area contributed by atoms with E-state index >= 15 is 0 Å². The van der Waals surface area contributed by atoms with Crippen molar-refractivity contribution in [1.29, 1.82) is 0 Å². The quantitative estimate of drug-likeness (QED) is 0.793. The molecular weight excluding hydrogens is 278 g/mol. The number of phenols is 1. The third-order valence-corrected chi connectivity index (χ3v) is 3.64. The van der Waals surface area contributed by atoms with Crippen molar-refractivity contribution in [2.24, 2.45) is 5.73 Å². The average molecular weight is 301 g/mol. The predicted molar refractivity (Wildman–Crippen MR) is 87.6 cm³/mol. The Hall–Kier alpha value is -2.04. The van der Waals surface area contributed by atoms with E-state index in [1.54, 1.807) is 12.1 Å². The minimum Gasteiger partial charge on any atom is -0.508 e. The Bertz CT molecular complexity index is 644. The van der Waals surface area contributed by atoms with Gasteiger partial charge in [-0.05, 0) is 67.6 Å². The molecule has 2 aromatic rings. The first-order chi connectivity index (χ1) is 10.4. The number of hydrogen-bond donors (Lipinski definition) is 3. The zero-order valence-electron chi connectivity index (χ0n) is 13.3. The lowest BCUT2D eigenvalue weighted by Gasteiger charge is -2.16. The summed E-state index contributed by atoms with van der Waals surface area (Å²) in [6.07, 6.45) is 0.636. The summed E-state index contributed by atoms with van der Waals surface area (Å²) in [4.78, 5) is 0. The van der Waals surface area contributed by atoms with Crippen LogP contribution in [0.4, 0.5) is 0 Å². The molecule has 0 radical (unpaired) electrons. The maximum absolute atomic E-state index is 9.57. The number of benzene rings is 2. The number of ether oxygens (including phenoxy) is 1. The molecule has 118 valence electrons. The number of aromatic hydroxyl groups is 1. The molecule has 0 unspecified atom stereocenters. The van der Waals surface area contributed by atoms with Gasteiger partial charge in [-0.2, -0.15) is 0 Å². The van der Waals surface area contributed by atoms with Gasteiger partial charge in [0.2, 0.25) is 0 Å². The van der Waals surface area contributed by atoms with Gasteiger partial charge in [-0.15, -0.1) is 0 Å². The first-order valence-electron chi connectivity index (χ1n) is 7.34. The van der Waals surface area contributed by atoms with Crippen LogP contribution >= 0.6 is 0 Å². The second-order valence-electron chi connectivity index (χ2n) is 5.76. The summed E-state index contributed by atoms with van der Waals surface area (Å²) in [7, 11) is 0. The standard InChI is InChI=1S/C18H23NO3/c1-11-8-16(4-5-17(11)21)22-18-12(2)6-14(7-13(18)3)9-15(19)10-20/h4-8,15,20-21H,9-10,19H2,1-3H3/t15-/m0/s1. The third-order valence-electron chi connectivity index (χ3n) is 3.64. The van der Waals surface area contributed by atoms with Crippen molar-refractivity contribution in [3.05, 3.63) is 52.6 Å². The summed E-state index contributed by atoms with van der Waals surface area (Å²) < 4.78 is 5.97. The van der Waals surface area contributed by atoms with E-state index in [1.807, 2.05) is 39.0 Å². The van der Waals surface area contributed by atoms with E-state index in [0.717, 1.165) is 28.0 Å². The van der Waals surface area contributed by atoms with Crippen LogP contribution in [0.1, 0.15) is 22.3 Å². The molecule has 0 aliphatic heterocycles. The highest BCUT2D eigenvalue weighted by Gasteiger charge is 2.10. The maximum Gasteiger partial charge on any atom is 0.133 e. The molecule has 2 aromatic carbocycles. The van der Waals surface area contributed by atoms with E-state index in [1.165, 1.54) is 0 Å². The van der Waals surface area contributed by atoms with Crippen LogP contribution in [0.25, 0.3) is 0 Å². The van der Waals surface area contributed by atoms with Gasteiger partial charge >= 0.3 is 0 Å². The van der Waals surface area contributed by atoms with Crippen LogP contribution in [0.5, 0.6) is 17.2 Å². The van der Waals surface area contributed by atoms with Crippen LogP contribution in [-0.4, -0.2) is 22.9 Å². The molecule has 0 aromatic heterocycles. The normalized spacial score (nSPS) is 12.2. The van der Waals surface area contributed by atoms with Crippen molar-refractivity contribution >= 4 is 0 Å². The van der Waals surface area contributed by atoms with E-state index in [0.29, 0.717) is 12.2 Å². The highest BCUT2D eigenvalue weighted by molar-refractivity contribution is 5.47. The number of aliphatic hydroxyl groups is 1. The Balaban J connectivity index is 2.26. The van der Waals surface area contributed by atoms with Crippen LogP contribution in [0.2, 0.25) is 0 Å². The largest absolute Gasteiger partial charge is 0.508 e. The summed E-state index contributed by atoms with van der Waals surface area (Å²) in [5.41, 5.74) is 9.70. The van der Waals surface area contributed by atoms with Crippen LogP contribution in [-0.2, 0) is 6.42 Å². The molecule has 0 aliphatic carbocycles. The highest BCUT2D eigenvalue weighted by atomic mass is 16.5. The van der Waals surface area contributed by atoms with Gasteiger partial charge in [0.25, 0.3) is 0 Å². The van der Waals surface area contributed by atoms with Gasteiger partial charge in [0.05, 0.1) is 6.61 Å². The van der Waals surface area contributed by atoms with Crippen molar-refractivity contribution in [1.82, 2.24) is 0 Å². The van der Waals surface area contributed by atoms with E-state index in [4.69, 9.17) is 15.6 Å². The second-order valence-corrected chi connectivity index (χ2v) is 5.76. The summed E-state index contributed by atoms with van der Waals surface area (Å²) in [6.45, 7) is 5.79. The molecule has 0 spiro atoms. The molecule has 22 heavy (non-hydrogen) atoms. The van der Waals surface area contributed by atoms with E-state index in [2.05, 4.69) is 0 Å². The fourth-order valence-corrected chi connectivity index (χ4v) is 2.50. The molecule has 0 heterocycles. The van der Waals surface area contributed by atoms with E-state index in [-0.39, 0.29) is 18.4 Å². The van der Waals surface area contributed by atoms with E-state index in [9.17, 15) is 5.11 Å². The van der Waals surface area contributed by atoms with Crippen molar-refractivity contribution < 1.29 is 14.9 Å². The zero-order chi connectivity index (χ0) is 16.3. The summed E-state index contributed by atoms with van der Waals surface area (Å²) >= 11 is 0. The fourth-order valence-electron chi connectivity index (χ4n) is 2.50. The minimum atomic E-state index is -0.245. The molecule has 0 bridgehead atoms. The summed E-state index contributed by atoms with van der Waals surface area (Å²) in [5.74, 6) is 1.77. The molecule has 4 nitrogen and oxygen atoms in total. The Kier molecular flexibility index (Phi) is 5.06. The molecule has 0 fully saturated rings. The highest BCUT2D eigenvalue weighted by Crippen LogP contribution is 2.32. The van der Waals surface area contributed by atoms with Gasteiger partial charge in [0.15, 0.2) is 0 Å². The molecule has 0 aliphatic rings. The van der Waals surface area contributed by atoms with Crippen LogP contribution in [0, 0.1) is 20.8 Å². The van der Waals surface area contributed by atoms with Gasteiger partial charge < -0.3 is 20.7 Å². The average Bonchev–Trinajstić information content (AvgIpc) is 2.46. The monoisotopic (exact) mass is 301 g/mol. The van der Waals surface area contributed by atoms with Crippen LogP contribution in [0.15, 0.2) is 30.3 Å². The summed E-state index contributed by atoms with van der Waals surface area (Å²) in [6, 6.07) is 9.01. The van der Waals surface area contributed by atoms with Gasteiger partial charge in [0, 0.05) is 6.04 Å². The van der Waals surface area contributed by atoms with Crippen molar-refractivity contribution in [2.75, 3.05) is 6.61 Å². The molecule has 0 amide bonds. The third kappa shape index (κ3) is 3.78. The van der Waals surface area contributed by atoms with Crippen LogP contribution in [0.3, 0.4) is 0 Å². The molecule has 2 rings (SSSR count). The molecular formula is C18H23NO3. The van der Waals surface area contributed by atoms with Crippen LogP contribution < -0.4 is 10.5 Å². The minimum absolute atomic E-state index is 0.0247. The van der Waals surface area contributed by atoms with Crippen molar-refractivity contribution in [2.45, 2.75) is 33.2 Å². The second kappa shape index (κ2) is 6.81. The van der Waals surface area contributed by atoms with Gasteiger partial charge in [-0.3, -0.25) is 0 Å². The zero-order valence-corrected chi connectivity index (χ0v) is 13.3. The van der Waals surface area contributed by atoms with E-state index < -0.39 is 0 Å². The summed E-state index contributed by atoms with van der Waals surface area (Å²) in [5, 5.41) is 18.6. The molecule has 4 N–H and O–H groups in total. The SMILES string of the molecule is Cc1cc(Oc2c(C)cc(C[C@H](N)CO)cc2C)ccc1O. The fraction of sp³-hybridized carbons (Fsp3) is 0.333. The van der Waals surface area contributed by atoms with Gasteiger partial charge in [0.1, 0.15) is 17.2 Å². The molecule has 1 atom stereocenters. The molecule has 0 saturated heterocycles. The first kappa shape index (κ1) is 16.3. The number of nitrogens with two attached hydrogens (primary N) is 1. The first-order valence-corrected chi connectivity index (χ1v) is 7.34. The van der Waals surface area contributed by atoms with Gasteiger partial charge in [-0.25, -0.2) is 0 Å². The van der Waals surface area contributed by atoms with Crippen molar-refractivity contribution in [3.63, 3.8) is 0 Å². The predicted octanol–water partition coefficient (Wildman–Crippen LogP) is 2.97. The number of phenolic OH excluding ortho intramolecular Hbond substituents is 1. The lowest BCUT2D eigenvalue weighted by atomic mass is 10.0. The Morgan fingerprint density at radius 1 is 1.05 bits per heavy atom.